The minimum absolute atomic E-state index is 0.634. The topological polar surface area (TPSA) is 38.7 Å². The SMILES string of the molecule is c1ccc(-c2cccc(-c3nc(-c4ccccc4)nc(-c4cccc(-c5cc6ccc7cccc8c9cccc%10ccc%11cccc(c(c5)c6c78)c%11c%109)c4)n3)c2)cc1. The van der Waals surface area contributed by atoms with Gasteiger partial charge in [-0.05, 0) is 111 Å². The fraction of sp³-hybridized carbons (Fsp3) is 0. The van der Waals surface area contributed by atoms with E-state index >= 15 is 0 Å². The van der Waals surface area contributed by atoms with E-state index in [1.165, 1.54) is 64.6 Å². The molecule has 268 valence electrons. The summed E-state index contributed by atoms with van der Waals surface area (Å²) >= 11 is 0. The van der Waals surface area contributed by atoms with Gasteiger partial charge in [0.25, 0.3) is 0 Å². The van der Waals surface area contributed by atoms with E-state index in [1.807, 2.05) is 24.3 Å². The van der Waals surface area contributed by atoms with Crippen LogP contribution in [0.25, 0.3) is 121 Å². The lowest BCUT2D eigenvalue weighted by Gasteiger charge is -2.17. The van der Waals surface area contributed by atoms with E-state index in [4.69, 9.17) is 15.0 Å². The zero-order chi connectivity index (χ0) is 38.2. The summed E-state index contributed by atoms with van der Waals surface area (Å²) in [5.74, 6) is 1.92. The van der Waals surface area contributed by atoms with Crippen LogP contribution in [-0.4, -0.2) is 15.0 Å². The van der Waals surface area contributed by atoms with E-state index in [0.717, 1.165) is 38.9 Å². The predicted molar refractivity (Wildman–Crippen MR) is 243 cm³/mol. The van der Waals surface area contributed by atoms with E-state index < -0.39 is 0 Å². The molecule has 0 radical (unpaired) electrons. The third-order valence-electron chi connectivity index (χ3n) is 11.8. The molecule has 0 N–H and O–H groups in total. The molecule has 1 aromatic heterocycles. The summed E-state index contributed by atoms with van der Waals surface area (Å²) in [6.45, 7) is 0. The Balaban J connectivity index is 1.09. The number of fused-ring (bicyclic) bond motifs is 2. The molecule has 0 atom stereocenters. The van der Waals surface area contributed by atoms with Gasteiger partial charge in [0.15, 0.2) is 17.5 Å². The largest absolute Gasteiger partial charge is 0.208 e. The predicted octanol–water partition coefficient (Wildman–Crippen LogP) is 14.6. The molecule has 0 spiro atoms. The molecule has 0 saturated heterocycles. The number of hydrogen-bond donors (Lipinski definition) is 0. The molecule has 1 heterocycles. The molecule has 0 fully saturated rings. The maximum Gasteiger partial charge on any atom is 0.164 e. The first kappa shape index (κ1) is 32.5. The molecule has 3 nitrogen and oxygen atoms in total. The fourth-order valence-corrected chi connectivity index (χ4v) is 9.11. The molecule has 0 aliphatic heterocycles. The molecule has 0 saturated carbocycles. The van der Waals surface area contributed by atoms with Crippen molar-refractivity contribution in [3.8, 4) is 56.4 Å². The first-order valence-electron chi connectivity index (χ1n) is 19.8. The van der Waals surface area contributed by atoms with E-state index in [0.29, 0.717) is 17.5 Å². The standard InChI is InChI=1S/C55H33N3/c1-3-12-34(13-4-1)39-19-7-21-42(30-39)54-56-53(38-14-5-2-6-15-38)57-55(58-54)43-22-8-20-40(31-43)44-32-41-29-28-37-17-10-24-46-45-23-9-16-35-26-27-36-18-11-25-47(51(36)49(35)45)48(33-44)52(41)50(37)46/h1-33H. The summed E-state index contributed by atoms with van der Waals surface area (Å²) in [4.78, 5) is 15.3. The Kier molecular flexibility index (Phi) is 7.23. The smallest absolute Gasteiger partial charge is 0.164 e. The quantitative estimate of drug-likeness (QED) is 0.165. The van der Waals surface area contributed by atoms with Crippen LogP contribution in [0.1, 0.15) is 0 Å². The van der Waals surface area contributed by atoms with Crippen molar-refractivity contribution in [3.05, 3.63) is 200 Å². The van der Waals surface area contributed by atoms with Crippen molar-refractivity contribution in [3.63, 3.8) is 0 Å². The number of aromatic nitrogens is 3. The van der Waals surface area contributed by atoms with Crippen LogP contribution in [0, 0.1) is 0 Å². The summed E-state index contributed by atoms with van der Waals surface area (Å²) in [6.07, 6.45) is 0. The number of rotatable bonds is 5. The van der Waals surface area contributed by atoms with Gasteiger partial charge >= 0.3 is 0 Å². The molecule has 3 heteroatoms. The lowest BCUT2D eigenvalue weighted by Crippen LogP contribution is -2.00. The molecule has 0 aliphatic carbocycles. The molecule has 11 aromatic carbocycles. The van der Waals surface area contributed by atoms with Crippen LogP contribution < -0.4 is 0 Å². The Bertz CT molecular complexity index is 3550. The van der Waals surface area contributed by atoms with Crippen molar-refractivity contribution in [2.75, 3.05) is 0 Å². The molecular formula is C55H33N3. The van der Waals surface area contributed by atoms with E-state index in [1.54, 1.807) is 0 Å². The van der Waals surface area contributed by atoms with Crippen LogP contribution in [0.5, 0.6) is 0 Å². The van der Waals surface area contributed by atoms with Crippen LogP contribution >= 0.6 is 0 Å². The highest BCUT2D eigenvalue weighted by Gasteiger charge is 2.18. The zero-order valence-electron chi connectivity index (χ0n) is 31.4. The van der Waals surface area contributed by atoms with Gasteiger partial charge in [-0.1, -0.05) is 176 Å². The third-order valence-corrected chi connectivity index (χ3v) is 11.8. The monoisotopic (exact) mass is 735 g/mol. The van der Waals surface area contributed by atoms with Crippen LogP contribution in [0.15, 0.2) is 200 Å². The Morgan fingerprint density at radius 2 is 0.586 bits per heavy atom. The lowest BCUT2D eigenvalue weighted by atomic mass is 9.86. The normalized spacial score (nSPS) is 11.8. The average Bonchev–Trinajstić information content (AvgIpc) is 3.30. The summed E-state index contributed by atoms with van der Waals surface area (Å²) in [7, 11) is 0. The van der Waals surface area contributed by atoms with Crippen molar-refractivity contribution in [2.24, 2.45) is 0 Å². The fourth-order valence-electron chi connectivity index (χ4n) is 9.11. The third kappa shape index (κ3) is 5.18. The second-order valence-corrected chi connectivity index (χ2v) is 15.2. The van der Waals surface area contributed by atoms with Crippen LogP contribution in [0.3, 0.4) is 0 Å². The number of nitrogens with zero attached hydrogens (tertiary/aromatic N) is 3. The molecule has 0 aliphatic rings. The number of hydrogen-bond acceptors (Lipinski definition) is 3. The van der Waals surface area contributed by atoms with Crippen molar-refractivity contribution >= 4 is 64.6 Å². The van der Waals surface area contributed by atoms with Crippen molar-refractivity contribution in [1.29, 1.82) is 0 Å². The molecule has 0 bridgehead atoms. The molecule has 12 aromatic rings. The van der Waals surface area contributed by atoms with Crippen molar-refractivity contribution in [2.45, 2.75) is 0 Å². The van der Waals surface area contributed by atoms with Crippen molar-refractivity contribution < 1.29 is 0 Å². The summed E-state index contributed by atoms with van der Waals surface area (Å²) < 4.78 is 0. The Labute approximate surface area is 334 Å². The maximum atomic E-state index is 5.16. The van der Waals surface area contributed by atoms with Gasteiger partial charge in [-0.3, -0.25) is 0 Å². The molecule has 12 rings (SSSR count). The lowest BCUT2D eigenvalue weighted by molar-refractivity contribution is 1.07. The summed E-state index contributed by atoms with van der Waals surface area (Å²) in [6, 6.07) is 71.8. The van der Waals surface area contributed by atoms with Gasteiger partial charge in [-0.25, -0.2) is 15.0 Å². The average molecular weight is 736 g/mol. The van der Waals surface area contributed by atoms with Crippen molar-refractivity contribution in [1.82, 2.24) is 15.0 Å². The zero-order valence-corrected chi connectivity index (χ0v) is 31.4. The van der Waals surface area contributed by atoms with Gasteiger partial charge in [0.05, 0.1) is 0 Å². The minimum Gasteiger partial charge on any atom is -0.208 e. The number of benzene rings is 10. The van der Waals surface area contributed by atoms with Gasteiger partial charge < -0.3 is 0 Å². The van der Waals surface area contributed by atoms with Gasteiger partial charge in [-0.2, -0.15) is 0 Å². The molecule has 0 amide bonds. The Hall–Kier alpha value is -7.75. The first-order chi connectivity index (χ1) is 28.7. The summed E-state index contributed by atoms with van der Waals surface area (Å²) in [5, 5.41) is 15.2. The minimum atomic E-state index is 0.634. The second-order valence-electron chi connectivity index (χ2n) is 15.2. The van der Waals surface area contributed by atoms with Crippen LogP contribution in [0.4, 0.5) is 0 Å². The van der Waals surface area contributed by atoms with Gasteiger partial charge in [0, 0.05) is 16.7 Å². The van der Waals surface area contributed by atoms with Crippen LogP contribution in [-0.2, 0) is 0 Å². The highest BCUT2D eigenvalue weighted by atomic mass is 15.0. The van der Waals surface area contributed by atoms with Gasteiger partial charge in [0.2, 0.25) is 0 Å². The molecule has 0 unspecified atom stereocenters. The molecule has 58 heavy (non-hydrogen) atoms. The van der Waals surface area contributed by atoms with Gasteiger partial charge in [0.1, 0.15) is 0 Å². The van der Waals surface area contributed by atoms with Crippen LogP contribution in [0.2, 0.25) is 0 Å². The second kappa shape index (κ2) is 12.9. The van der Waals surface area contributed by atoms with E-state index in [9.17, 15) is 0 Å². The van der Waals surface area contributed by atoms with Gasteiger partial charge in [-0.15, -0.1) is 0 Å². The Morgan fingerprint density at radius 1 is 0.207 bits per heavy atom. The maximum absolute atomic E-state index is 5.16. The van der Waals surface area contributed by atoms with E-state index in [-0.39, 0.29) is 0 Å². The highest BCUT2D eigenvalue weighted by Crippen LogP contribution is 2.44. The first-order valence-corrected chi connectivity index (χ1v) is 19.8. The van der Waals surface area contributed by atoms with E-state index in [2.05, 4.69) is 176 Å². The highest BCUT2D eigenvalue weighted by molar-refractivity contribution is 6.37. The molecular weight excluding hydrogens is 703 g/mol. The Morgan fingerprint density at radius 3 is 1.12 bits per heavy atom. The summed E-state index contributed by atoms with van der Waals surface area (Å²) in [5.41, 5.74) is 7.33.